The van der Waals surface area contributed by atoms with Crippen molar-refractivity contribution in [3.05, 3.63) is 189 Å². The predicted octanol–water partition coefficient (Wildman–Crippen LogP) is 12.9. The van der Waals surface area contributed by atoms with E-state index < -0.39 is 55.0 Å². The van der Waals surface area contributed by atoms with Crippen molar-refractivity contribution in [2.24, 2.45) is 30.7 Å². The fraction of sp³-hybridized carbons (Fsp3) is 0.350. The van der Waals surface area contributed by atoms with Gasteiger partial charge in [0.1, 0.15) is 0 Å². The van der Waals surface area contributed by atoms with Gasteiger partial charge >= 0.3 is 17.1 Å². The van der Waals surface area contributed by atoms with Gasteiger partial charge in [-0.1, -0.05) is 34.8 Å². The van der Waals surface area contributed by atoms with Crippen LogP contribution in [0.1, 0.15) is 54.2 Å². The third kappa shape index (κ3) is 15.8. The van der Waals surface area contributed by atoms with Gasteiger partial charge in [-0.3, -0.25) is 0 Å². The molecular formula is C60H69Cl3N12O6. The van der Waals surface area contributed by atoms with Gasteiger partial charge in [0.25, 0.3) is 0 Å². The topological polar surface area (TPSA) is 211 Å². The number of anilines is 3. The van der Waals surface area contributed by atoms with E-state index in [1.54, 1.807) is 72.8 Å². The number of aromatic nitrogens is 3. The average molecular weight is 1160 g/mol. The summed E-state index contributed by atoms with van der Waals surface area (Å²) in [5.74, 6) is 0. The predicted molar refractivity (Wildman–Crippen MR) is 326 cm³/mol. The van der Waals surface area contributed by atoms with Crippen LogP contribution in [0.4, 0.5) is 51.2 Å². The Balaban J connectivity index is 1.16. The van der Waals surface area contributed by atoms with Gasteiger partial charge in [-0.25, -0.2) is 28.1 Å². The van der Waals surface area contributed by atoms with Crippen LogP contribution in [-0.4, -0.2) is 86.6 Å². The molecule has 7 aromatic rings. The van der Waals surface area contributed by atoms with Crippen molar-refractivity contribution in [3.63, 3.8) is 0 Å². The van der Waals surface area contributed by atoms with Crippen molar-refractivity contribution < 1.29 is 15.3 Å². The van der Waals surface area contributed by atoms with Crippen molar-refractivity contribution >= 4 is 86.0 Å². The first-order valence-corrected chi connectivity index (χ1v) is 27.9. The fourth-order valence-corrected chi connectivity index (χ4v) is 10.0. The zero-order valence-corrected chi connectivity index (χ0v) is 49.3. The molecule has 0 aliphatic rings. The van der Waals surface area contributed by atoms with Crippen molar-refractivity contribution in [1.29, 1.82) is 0 Å². The number of aryl methyl sites for hydroxylation is 6. The lowest BCUT2D eigenvalue weighted by atomic mass is 10.1. The molecule has 7 rings (SSSR count). The Morgan fingerprint density at radius 1 is 0.383 bits per heavy atom. The first-order valence-electron chi connectivity index (χ1n) is 26.8. The molecule has 18 nitrogen and oxygen atoms in total. The molecule has 21 heteroatoms. The molecular weight excluding hydrogens is 1090 g/mol. The first kappa shape index (κ1) is 61.3. The number of nitrogens with zero attached hydrogens (tertiary/aromatic N) is 12. The van der Waals surface area contributed by atoms with E-state index in [0.29, 0.717) is 68.8 Å². The van der Waals surface area contributed by atoms with Gasteiger partial charge in [0, 0.05) is 71.4 Å². The molecule has 0 bridgehead atoms. The van der Waals surface area contributed by atoms with E-state index in [9.17, 15) is 29.7 Å². The van der Waals surface area contributed by atoms with Crippen molar-refractivity contribution in [2.45, 2.75) is 100 Å². The second-order valence-corrected chi connectivity index (χ2v) is 21.4. The summed E-state index contributed by atoms with van der Waals surface area (Å²) >= 11 is 18.2. The molecule has 3 N–H and O–H groups in total. The molecule has 0 fully saturated rings. The van der Waals surface area contributed by atoms with Gasteiger partial charge in [0.05, 0.1) is 72.1 Å². The molecule has 0 aliphatic carbocycles. The lowest BCUT2D eigenvalue weighted by molar-refractivity contribution is 0.133. The van der Waals surface area contributed by atoms with Crippen molar-refractivity contribution in [1.82, 2.24) is 13.7 Å². The van der Waals surface area contributed by atoms with E-state index in [4.69, 9.17) is 34.8 Å². The molecule has 0 saturated heterocycles. The largest absolute Gasteiger partial charge is 0.389 e. The smallest absolute Gasteiger partial charge is 0.336 e. The van der Waals surface area contributed by atoms with Crippen LogP contribution in [-0.2, 0) is 19.6 Å². The van der Waals surface area contributed by atoms with Crippen LogP contribution in [0.15, 0.2) is 154 Å². The molecule has 0 spiro atoms. The highest BCUT2D eigenvalue weighted by Crippen LogP contribution is 2.34. The third-order valence-electron chi connectivity index (χ3n) is 13.8. The van der Waals surface area contributed by atoms with E-state index in [2.05, 4.69) is 30.7 Å². The molecule has 1 aromatic heterocycles. The summed E-state index contributed by atoms with van der Waals surface area (Å²) in [6.45, 7) is 17.1. The first-order chi connectivity index (χ1) is 38.7. The summed E-state index contributed by atoms with van der Waals surface area (Å²) in [5, 5.41) is 63.9. The Morgan fingerprint density at radius 2 is 0.593 bits per heavy atom. The minimum Gasteiger partial charge on any atom is -0.389 e. The maximum absolute atomic E-state index is 14.5. The Hall–Kier alpha value is -7.32. The third-order valence-corrected chi connectivity index (χ3v) is 14.6. The molecule has 0 saturated carbocycles. The molecule has 81 heavy (non-hydrogen) atoms. The normalized spacial score (nSPS) is 12.9. The van der Waals surface area contributed by atoms with Gasteiger partial charge in [-0.15, -0.1) is 0 Å². The van der Waals surface area contributed by atoms with E-state index in [1.807, 2.05) is 113 Å². The summed E-state index contributed by atoms with van der Waals surface area (Å²) in [4.78, 5) is 49.4. The van der Waals surface area contributed by atoms with Crippen molar-refractivity contribution in [2.75, 3.05) is 54.0 Å². The summed E-state index contributed by atoms with van der Waals surface area (Å²) in [7, 11) is 0. The SMILES string of the molecule is CCN(CC(O)Cn1c(=O)n(CC(O)CN(CC)c2cc(C)c(N=Nc3ccc(Cl)cc3)c(C)c2)c(=O)n(CC(O)CN(CC)c2cc(C)c(N=Nc3ccc(Cl)cc3)c(C)c2)c1=O)c1cc(C)c(N=Nc2ccc(Cl)cc2)c(C)c1. The summed E-state index contributed by atoms with van der Waals surface area (Å²) in [6, 6.07) is 32.6. The quantitative estimate of drug-likeness (QED) is 0.0491. The highest BCUT2D eigenvalue weighted by Gasteiger charge is 2.25. The number of hydrogen-bond acceptors (Lipinski definition) is 15. The molecule has 426 valence electrons. The zero-order valence-electron chi connectivity index (χ0n) is 47.1. The monoisotopic (exact) mass is 1160 g/mol. The number of rotatable bonds is 24. The average Bonchev–Trinajstić information content (AvgIpc) is 3.49. The molecule has 6 aromatic carbocycles. The summed E-state index contributed by atoms with van der Waals surface area (Å²) in [5.41, 5.74) is 8.22. The number of hydrogen-bond donors (Lipinski definition) is 3. The van der Waals surface area contributed by atoms with E-state index >= 15 is 0 Å². The molecule has 0 amide bonds. The van der Waals surface area contributed by atoms with Gasteiger partial charge in [-0.05, 0) is 205 Å². The van der Waals surface area contributed by atoms with Crippen molar-refractivity contribution in [3.8, 4) is 0 Å². The zero-order chi connectivity index (χ0) is 58.7. The minimum absolute atomic E-state index is 0.00551. The number of aliphatic hydroxyl groups excluding tert-OH is 3. The number of halogens is 3. The van der Waals surface area contributed by atoms with E-state index in [0.717, 1.165) is 64.1 Å². The number of benzene rings is 6. The van der Waals surface area contributed by atoms with E-state index in [1.165, 1.54) is 0 Å². The standard InChI is InChI=1S/C60H69Cl3N12O6/c1-10-70(49-25-37(4)55(38(5)26-49)67-64-46-19-13-43(61)14-20-46)31-52(76)34-73-58(79)74(35-53(77)32-71(11-2)50-27-39(6)56(40(7)28-50)68-65-47-21-15-44(62)16-22-47)60(81)75(59(73)80)36-54(78)33-72(12-3)51-29-41(8)57(42(9)30-51)69-66-48-23-17-45(63)18-24-48/h13-30,52-54,76-78H,10-12,31-36H2,1-9H3. The van der Waals surface area contributed by atoms with E-state index in [-0.39, 0.29) is 19.6 Å². The van der Waals surface area contributed by atoms with Crippen LogP contribution in [0.25, 0.3) is 0 Å². The van der Waals surface area contributed by atoms with Crippen LogP contribution in [0.5, 0.6) is 0 Å². The van der Waals surface area contributed by atoms with Crippen LogP contribution in [0.2, 0.25) is 15.1 Å². The van der Waals surface area contributed by atoms with Crippen LogP contribution >= 0.6 is 34.8 Å². The van der Waals surface area contributed by atoms with Gasteiger partial charge < -0.3 is 30.0 Å². The molecule has 0 aliphatic heterocycles. The lowest BCUT2D eigenvalue weighted by Gasteiger charge is -2.29. The van der Waals surface area contributed by atoms with Crippen LogP contribution < -0.4 is 31.8 Å². The Bertz CT molecular complexity index is 3130. The molecule has 3 atom stereocenters. The van der Waals surface area contributed by atoms with Gasteiger partial charge in [0.2, 0.25) is 0 Å². The Kier molecular flexibility index (Phi) is 21.1. The maximum atomic E-state index is 14.5. The molecule has 3 unspecified atom stereocenters. The Labute approximate surface area is 486 Å². The second kappa shape index (κ2) is 27.9. The molecule has 1 heterocycles. The Morgan fingerprint density at radius 3 is 0.790 bits per heavy atom. The number of likely N-dealkylation sites (N-methyl/N-ethyl adjacent to an activating group) is 3. The number of azo groups is 3. The molecule has 0 radical (unpaired) electrons. The maximum Gasteiger partial charge on any atom is 0.336 e. The fourth-order valence-electron chi connectivity index (χ4n) is 9.64. The lowest BCUT2D eigenvalue weighted by Crippen LogP contribution is -2.58. The van der Waals surface area contributed by atoms with Crippen LogP contribution in [0.3, 0.4) is 0 Å². The minimum atomic E-state index is -1.30. The number of aliphatic hydroxyl groups is 3. The van der Waals surface area contributed by atoms with Crippen LogP contribution in [0, 0.1) is 41.5 Å². The highest BCUT2D eigenvalue weighted by molar-refractivity contribution is 6.31. The van der Waals surface area contributed by atoms with Gasteiger partial charge in [-0.2, -0.15) is 30.7 Å². The summed E-state index contributed by atoms with van der Waals surface area (Å²) in [6.07, 6.45) is -3.91. The van der Waals surface area contributed by atoms with Gasteiger partial charge in [0.15, 0.2) is 0 Å². The second-order valence-electron chi connectivity index (χ2n) is 20.1. The summed E-state index contributed by atoms with van der Waals surface area (Å²) < 4.78 is 2.41. The highest BCUT2D eigenvalue weighted by atomic mass is 35.5.